The van der Waals surface area contributed by atoms with E-state index >= 15 is 0 Å². The van der Waals surface area contributed by atoms with Gasteiger partial charge in [0.15, 0.2) is 0 Å². The quantitative estimate of drug-likeness (QED) is 0.188. The zero-order valence-electron chi connectivity index (χ0n) is 25.5. The van der Waals surface area contributed by atoms with Crippen LogP contribution in [-0.4, -0.2) is 19.0 Å². The molecular formula is C34H49MoN3. The molecular weight excluding hydrogens is 546 g/mol. The van der Waals surface area contributed by atoms with Crippen LogP contribution in [0.4, 0.5) is 11.4 Å². The second-order valence-corrected chi connectivity index (χ2v) is 12.4. The molecule has 0 saturated carbocycles. The minimum Gasteiger partial charge on any atom is -0.358 e. The summed E-state index contributed by atoms with van der Waals surface area (Å²) in [7, 11) is 4.12. The topological polar surface area (TPSA) is 28.0 Å². The second kappa shape index (κ2) is 16.8. The van der Waals surface area contributed by atoms with Gasteiger partial charge in [-0.2, -0.15) is 30.3 Å². The van der Waals surface area contributed by atoms with E-state index < -0.39 is 18.2 Å². The third-order valence-corrected chi connectivity index (χ3v) is 7.52. The summed E-state index contributed by atoms with van der Waals surface area (Å²) >= 11 is -0.857. The smallest absolute Gasteiger partial charge is 0.0145 e. The predicted octanol–water partition coefficient (Wildman–Crippen LogP) is 10.6. The fourth-order valence-electron chi connectivity index (χ4n) is 4.23. The third-order valence-electron chi connectivity index (χ3n) is 6.22. The van der Waals surface area contributed by atoms with Gasteiger partial charge < -0.3 is 12.3 Å². The van der Waals surface area contributed by atoms with Crippen LogP contribution in [0, 0.1) is 13.5 Å². The van der Waals surface area contributed by atoms with Gasteiger partial charge in [0.1, 0.15) is 0 Å². The van der Waals surface area contributed by atoms with E-state index in [1.165, 1.54) is 39.2 Å². The zero-order chi connectivity index (χ0) is 27.5. The van der Waals surface area contributed by atoms with E-state index in [1.54, 1.807) is 0 Å². The average molecular weight is 596 g/mol. The SMILES string of the molecule is CC(C)c1cccc(C(C)C)c1[N]=[Mo+2]=[N]c1c(C(C)C)cccc1C(C)C.CN(C)Cc1c[c-]ccc1.[CH3-]. The molecule has 0 aliphatic heterocycles. The number of hydrogen-bond acceptors (Lipinski definition) is 3. The minimum absolute atomic E-state index is 0. The minimum atomic E-state index is -0.857. The van der Waals surface area contributed by atoms with Crippen LogP contribution in [0.1, 0.15) is 107 Å². The molecule has 3 rings (SSSR count). The van der Waals surface area contributed by atoms with Gasteiger partial charge in [-0.3, -0.25) is 0 Å². The Labute approximate surface area is 242 Å². The summed E-state index contributed by atoms with van der Waals surface area (Å²) in [5, 5.41) is 0. The molecule has 0 unspecified atom stereocenters. The standard InChI is InChI=1S/2C12H17N.C9H12N.CH3.Mo/c2*1-8(2)10-6-5-7-11(9(3)4)12(10)13;1-10(2)8-9-6-4-3-5-7-9;;/h2*5-9H,1-4H3;3-4,6-7H,8H2,1-2H3;1H3;/q;;2*-1;+2. The van der Waals surface area contributed by atoms with E-state index in [9.17, 15) is 0 Å². The molecule has 0 amide bonds. The molecule has 4 heteroatoms. The van der Waals surface area contributed by atoms with Crippen LogP contribution in [0.15, 0.2) is 67.7 Å². The Kier molecular flexibility index (Phi) is 15.0. The van der Waals surface area contributed by atoms with Crippen LogP contribution in [0.25, 0.3) is 0 Å². The van der Waals surface area contributed by atoms with Crippen LogP contribution in [0.3, 0.4) is 0 Å². The summed E-state index contributed by atoms with van der Waals surface area (Å²) < 4.78 is 10.2. The van der Waals surface area contributed by atoms with Crippen LogP contribution in [0.2, 0.25) is 0 Å². The monoisotopic (exact) mass is 597 g/mol. The third kappa shape index (κ3) is 10.2. The molecule has 0 radical (unpaired) electrons. The summed E-state index contributed by atoms with van der Waals surface area (Å²) in [6.07, 6.45) is 0. The van der Waals surface area contributed by atoms with Crippen molar-refractivity contribution in [1.82, 2.24) is 4.90 Å². The zero-order valence-corrected chi connectivity index (χ0v) is 27.5. The molecule has 3 aromatic carbocycles. The summed E-state index contributed by atoms with van der Waals surface area (Å²) in [6, 6.07) is 24.3. The van der Waals surface area contributed by atoms with Crippen molar-refractivity contribution in [2.75, 3.05) is 14.1 Å². The van der Waals surface area contributed by atoms with Gasteiger partial charge >= 0.3 is 174 Å². The maximum atomic E-state index is 5.11. The normalized spacial score (nSPS) is 10.8. The molecule has 0 fully saturated rings. The Morgan fingerprint density at radius 1 is 0.658 bits per heavy atom. The van der Waals surface area contributed by atoms with Crippen molar-refractivity contribution >= 4 is 11.4 Å². The van der Waals surface area contributed by atoms with E-state index in [4.69, 9.17) is 6.99 Å². The number of benzene rings is 3. The first-order valence-electron chi connectivity index (χ1n) is 13.5. The van der Waals surface area contributed by atoms with E-state index in [-0.39, 0.29) is 7.43 Å². The molecule has 3 nitrogen and oxygen atoms in total. The molecule has 0 saturated heterocycles. The van der Waals surface area contributed by atoms with Gasteiger partial charge in [-0.1, -0.05) is 0 Å². The molecule has 0 atom stereocenters. The Balaban J connectivity index is 0.000000551. The molecule has 0 aliphatic rings. The summed E-state index contributed by atoms with van der Waals surface area (Å²) in [4.78, 5) is 2.14. The summed E-state index contributed by atoms with van der Waals surface area (Å²) in [5.41, 5.74) is 9.10. The largest absolute Gasteiger partial charge is 0.358 e. The average Bonchev–Trinajstić information content (AvgIpc) is 2.84. The molecule has 38 heavy (non-hydrogen) atoms. The fourth-order valence-corrected chi connectivity index (χ4v) is 5.77. The Morgan fingerprint density at radius 3 is 1.34 bits per heavy atom. The van der Waals surface area contributed by atoms with Gasteiger partial charge in [0.25, 0.3) is 0 Å². The first-order chi connectivity index (χ1) is 17.5. The summed E-state index contributed by atoms with van der Waals surface area (Å²) in [6.45, 7) is 19.0. The predicted molar refractivity (Wildman–Crippen MR) is 162 cm³/mol. The molecule has 206 valence electrons. The molecule has 3 aromatic rings. The van der Waals surface area contributed by atoms with Crippen molar-refractivity contribution in [3.63, 3.8) is 0 Å². The molecule has 0 bridgehead atoms. The Morgan fingerprint density at radius 2 is 1.05 bits per heavy atom. The number of hydrogen-bond donors (Lipinski definition) is 0. The van der Waals surface area contributed by atoms with Gasteiger partial charge in [0, 0.05) is 0 Å². The number of rotatable bonds is 8. The maximum Gasteiger partial charge on any atom is -0.0145 e. The van der Waals surface area contributed by atoms with Crippen molar-refractivity contribution in [2.45, 2.75) is 85.6 Å². The van der Waals surface area contributed by atoms with Gasteiger partial charge in [-0.15, -0.1) is 5.56 Å². The summed E-state index contributed by atoms with van der Waals surface area (Å²) in [5.74, 6) is 1.90. The molecule has 0 spiro atoms. The van der Waals surface area contributed by atoms with Crippen molar-refractivity contribution < 1.29 is 18.2 Å². The van der Waals surface area contributed by atoms with E-state index in [2.05, 4.69) is 123 Å². The van der Waals surface area contributed by atoms with Crippen LogP contribution >= 0.6 is 0 Å². The van der Waals surface area contributed by atoms with Crippen molar-refractivity contribution in [3.8, 4) is 0 Å². The Hall–Kier alpha value is -2.09. The molecule has 0 aliphatic carbocycles. The van der Waals surface area contributed by atoms with E-state index in [1.807, 2.05) is 18.2 Å². The number of nitrogens with zero attached hydrogens (tertiary/aromatic N) is 3. The van der Waals surface area contributed by atoms with Crippen molar-refractivity contribution in [3.05, 3.63) is 102 Å². The fraction of sp³-hybridized carbons (Fsp3) is 0.441. The van der Waals surface area contributed by atoms with Gasteiger partial charge in [-0.05, 0) is 20.6 Å². The van der Waals surface area contributed by atoms with E-state index in [0.29, 0.717) is 23.7 Å². The first kappa shape index (κ1) is 33.9. The first-order valence-corrected chi connectivity index (χ1v) is 15.3. The van der Waals surface area contributed by atoms with Crippen molar-refractivity contribution in [2.24, 2.45) is 6.99 Å². The van der Waals surface area contributed by atoms with Crippen LogP contribution in [-0.2, 0) is 24.7 Å². The maximum absolute atomic E-state index is 5.11. The van der Waals surface area contributed by atoms with Crippen molar-refractivity contribution in [1.29, 1.82) is 0 Å². The Bertz CT molecular complexity index is 1050. The van der Waals surface area contributed by atoms with Crippen LogP contribution < -0.4 is 0 Å². The van der Waals surface area contributed by atoms with Gasteiger partial charge in [0.05, 0.1) is 0 Å². The molecule has 0 heterocycles. The second-order valence-electron chi connectivity index (χ2n) is 11.1. The van der Waals surface area contributed by atoms with Crippen LogP contribution in [0.5, 0.6) is 0 Å². The van der Waals surface area contributed by atoms with E-state index in [0.717, 1.165) is 6.54 Å². The molecule has 0 N–H and O–H groups in total. The molecule has 0 aromatic heterocycles. The van der Waals surface area contributed by atoms with Gasteiger partial charge in [0.2, 0.25) is 0 Å². The van der Waals surface area contributed by atoms with Gasteiger partial charge in [-0.25, -0.2) is 0 Å².